The van der Waals surface area contributed by atoms with E-state index < -0.39 is 30.0 Å². The normalized spacial score (nSPS) is 15.5. The number of nitrogens with zero attached hydrogens (tertiary/aromatic N) is 5. The highest BCUT2D eigenvalue weighted by molar-refractivity contribution is 7.84. The molecule has 1 unspecified atom stereocenters. The van der Waals surface area contributed by atoms with E-state index in [-0.39, 0.29) is 23.6 Å². The van der Waals surface area contributed by atoms with Crippen molar-refractivity contribution in [1.29, 1.82) is 0 Å². The predicted octanol–water partition coefficient (Wildman–Crippen LogP) is 3.90. The summed E-state index contributed by atoms with van der Waals surface area (Å²) in [6.07, 6.45) is -1.20. The largest absolute Gasteiger partial charge is 0.470 e. The molecule has 0 radical (unpaired) electrons. The first-order valence-electron chi connectivity index (χ1n) is 11.7. The van der Waals surface area contributed by atoms with Gasteiger partial charge in [0.15, 0.2) is 17.8 Å². The molecular formula is C25H32F3N5O3S. The van der Waals surface area contributed by atoms with E-state index in [1.807, 2.05) is 48.6 Å². The number of alkyl halides is 2. The average molecular weight is 540 g/mol. The molecule has 0 N–H and O–H groups in total. The number of para-hydroxylation sites is 1. The Kier molecular flexibility index (Phi) is 12.9. The number of ether oxygens (including phenoxy) is 1. The number of carbonyl (C=O) groups excluding carboxylic acids is 1. The number of hydrogen-bond donors (Lipinski definition) is 0. The van der Waals surface area contributed by atoms with Gasteiger partial charge in [-0.15, -0.1) is 5.10 Å². The molecule has 0 aromatic heterocycles. The summed E-state index contributed by atoms with van der Waals surface area (Å²) >= 11 is -1.53. The second-order valence-corrected chi connectivity index (χ2v) is 9.38. The van der Waals surface area contributed by atoms with Crippen LogP contribution in [-0.4, -0.2) is 78.6 Å². The van der Waals surface area contributed by atoms with E-state index in [1.54, 1.807) is 4.31 Å². The molecule has 0 aliphatic carbocycles. The molecule has 1 aliphatic rings. The van der Waals surface area contributed by atoms with Crippen LogP contribution >= 0.6 is 0 Å². The van der Waals surface area contributed by atoms with E-state index in [9.17, 15) is 17.8 Å². The highest BCUT2D eigenvalue weighted by Gasteiger charge is 2.26. The van der Waals surface area contributed by atoms with Crippen molar-refractivity contribution in [1.82, 2.24) is 9.21 Å². The summed E-state index contributed by atoms with van der Waals surface area (Å²) in [5.41, 5.74) is 1.12. The number of hydrogen-bond acceptors (Lipinski definition) is 6. The Bertz CT molecular complexity index is 1050. The lowest BCUT2D eigenvalue weighted by atomic mass is 10.1. The maximum atomic E-state index is 15.0. The van der Waals surface area contributed by atoms with E-state index in [2.05, 4.69) is 21.8 Å². The molecule has 0 saturated carbocycles. The molecule has 3 rings (SSSR count). The topological polar surface area (TPSA) is 77.8 Å². The first-order valence-corrected chi connectivity index (χ1v) is 12.7. The number of aldehydes is 1. The summed E-state index contributed by atoms with van der Waals surface area (Å²) in [5.74, 6) is -0.863. The smallest absolute Gasteiger partial charge is 0.272 e. The predicted molar refractivity (Wildman–Crippen MR) is 141 cm³/mol. The molecule has 0 bridgehead atoms. The molecule has 37 heavy (non-hydrogen) atoms. The SMILES string of the molecule is C=N/N=C(\OCC(F)F)c1ccc(CN(c2ccccc2)S(=O)N2CCN(C)CC2)c(F)c1.CCC=O. The third-order valence-corrected chi connectivity index (χ3v) is 6.73. The van der Waals surface area contributed by atoms with Crippen LogP contribution in [0.15, 0.2) is 58.7 Å². The third kappa shape index (κ3) is 9.71. The van der Waals surface area contributed by atoms with Gasteiger partial charge in [-0.1, -0.05) is 31.2 Å². The molecule has 1 saturated heterocycles. The third-order valence-electron chi connectivity index (χ3n) is 5.20. The van der Waals surface area contributed by atoms with Crippen molar-refractivity contribution >= 4 is 35.8 Å². The molecule has 1 aliphatic heterocycles. The zero-order valence-electron chi connectivity index (χ0n) is 20.9. The lowest BCUT2D eigenvalue weighted by molar-refractivity contribution is -0.107. The summed E-state index contributed by atoms with van der Waals surface area (Å²) in [6.45, 7) is 6.97. The van der Waals surface area contributed by atoms with Crippen LogP contribution in [0.25, 0.3) is 0 Å². The van der Waals surface area contributed by atoms with Gasteiger partial charge in [-0.25, -0.2) is 21.7 Å². The molecule has 2 aromatic carbocycles. The van der Waals surface area contributed by atoms with Gasteiger partial charge in [-0.05, 0) is 31.3 Å². The van der Waals surface area contributed by atoms with Gasteiger partial charge in [0.05, 0.1) is 12.2 Å². The number of anilines is 1. The molecule has 1 heterocycles. The van der Waals surface area contributed by atoms with E-state index in [1.165, 1.54) is 12.1 Å². The Morgan fingerprint density at radius 2 is 1.84 bits per heavy atom. The Labute approximate surface area is 218 Å². The van der Waals surface area contributed by atoms with Crippen LogP contribution in [0, 0.1) is 5.82 Å². The number of rotatable bonds is 10. The van der Waals surface area contributed by atoms with Crippen LogP contribution in [0.1, 0.15) is 24.5 Å². The van der Waals surface area contributed by atoms with Crippen LogP contribution in [0.3, 0.4) is 0 Å². The van der Waals surface area contributed by atoms with Crippen molar-refractivity contribution in [3.63, 3.8) is 0 Å². The first kappa shape index (κ1) is 30.1. The Balaban J connectivity index is 0.00000112. The maximum absolute atomic E-state index is 15.0. The standard InChI is InChI=1S/C22H26F3N5O2S.C3H6O/c1-26-27-22(32-16-21(24)25)17-8-9-18(20(23)14-17)15-30(19-6-4-3-5-7-19)33(31)29-12-10-28(2)11-13-29;1-2-3-4/h3-9,14,21H,1,10-13,15-16H2,2H3;3H,2H2,1H3/b27-22-;. The number of carbonyl (C=O) groups is 1. The van der Waals surface area contributed by atoms with Crippen LogP contribution in [0.2, 0.25) is 0 Å². The van der Waals surface area contributed by atoms with Gasteiger partial charge in [0.1, 0.15) is 12.1 Å². The Morgan fingerprint density at radius 1 is 1.19 bits per heavy atom. The summed E-state index contributed by atoms with van der Waals surface area (Å²) in [6, 6.07) is 13.3. The Hall–Kier alpha value is -3.09. The van der Waals surface area contributed by atoms with Gasteiger partial charge in [0.2, 0.25) is 5.90 Å². The highest BCUT2D eigenvalue weighted by atomic mass is 32.2. The van der Waals surface area contributed by atoms with Gasteiger partial charge in [-0.3, -0.25) is 4.31 Å². The molecule has 1 atom stereocenters. The minimum atomic E-state index is -2.71. The van der Waals surface area contributed by atoms with Crippen molar-refractivity contribution in [3.05, 3.63) is 65.5 Å². The van der Waals surface area contributed by atoms with Crippen LogP contribution in [0.5, 0.6) is 0 Å². The summed E-state index contributed by atoms with van der Waals surface area (Å²) < 4.78 is 61.9. The molecule has 0 amide bonds. The van der Waals surface area contributed by atoms with Gasteiger partial charge < -0.3 is 14.4 Å². The second kappa shape index (κ2) is 15.9. The quantitative estimate of drug-likeness (QED) is 0.199. The van der Waals surface area contributed by atoms with Crippen LogP contribution < -0.4 is 4.31 Å². The van der Waals surface area contributed by atoms with Crippen LogP contribution in [0.4, 0.5) is 18.9 Å². The number of halogens is 3. The fourth-order valence-electron chi connectivity index (χ4n) is 3.25. The second-order valence-electron chi connectivity index (χ2n) is 7.96. The number of benzene rings is 2. The molecule has 12 heteroatoms. The van der Waals surface area contributed by atoms with Gasteiger partial charge in [-0.2, -0.15) is 5.10 Å². The van der Waals surface area contributed by atoms with Crippen molar-refractivity contribution in [2.45, 2.75) is 26.3 Å². The molecule has 202 valence electrons. The molecule has 0 spiro atoms. The molecule has 2 aromatic rings. The zero-order valence-corrected chi connectivity index (χ0v) is 21.7. The van der Waals surface area contributed by atoms with E-state index >= 15 is 4.39 Å². The fraction of sp³-hybridized carbons (Fsp3) is 0.400. The van der Waals surface area contributed by atoms with E-state index in [4.69, 9.17) is 4.74 Å². The highest BCUT2D eigenvalue weighted by Crippen LogP contribution is 2.23. The summed E-state index contributed by atoms with van der Waals surface area (Å²) in [5, 5.41) is 6.88. The van der Waals surface area contributed by atoms with Gasteiger partial charge >= 0.3 is 0 Å². The van der Waals surface area contributed by atoms with Crippen molar-refractivity contribution in [3.8, 4) is 0 Å². The summed E-state index contributed by atoms with van der Waals surface area (Å²) in [4.78, 5) is 11.3. The molecule has 8 nitrogen and oxygen atoms in total. The van der Waals surface area contributed by atoms with Gasteiger partial charge in [0.25, 0.3) is 6.43 Å². The first-order chi connectivity index (χ1) is 17.8. The Morgan fingerprint density at radius 3 is 2.38 bits per heavy atom. The minimum absolute atomic E-state index is 0.0408. The molecule has 1 fully saturated rings. The summed E-state index contributed by atoms with van der Waals surface area (Å²) in [7, 11) is 2.01. The van der Waals surface area contributed by atoms with E-state index in [0.717, 1.165) is 25.4 Å². The zero-order chi connectivity index (χ0) is 27.2. The minimum Gasteiger partial charge on any atom is -0.470 e. The molecular weight excluding hydrogens is 507 g/mol. The fourth-order valence-corrected chi connectivity index (χ4v) is 4.56. The maximum Gasteiger partial charge on any atom is 0.272 e. The monoisotopic (exact) mass is 539 g/mol. The number of likely N-dealkylation sites (N-methyl/N-ethyl adjacent to an activating group) is 1. The van der Waals surface area contributed by atoms with Crippen molar-refractivity contribution in [2.24, 2.45) is 10.2 Å². The van der Waals surface area contributed by atoms with E-state index in [0.29, 0.717) is 25.2 Å². The van der Waals surface area contributed by atoms with Crippen LogP contribution in [-0.2, 0) is 27.2 Å². The lowest BCUT2D eigenvalue weighted by Gasteiger charge is -2.35. The lowest BCUT2D eigenvalue weighted by Crippen LogP contribution is -2.49. The number of piperazine rings is 1. The average Bonchev–Trinajstić information content (AvgIpc) is 2.91. The van der Waals surface area contributed by atoms with Crippen molar-refractivity contribution in [2.75, 3.05) is 44.1 Å². The van der Waals surface area contributed by atoms with Crippen molar-refractivity contribution < 1.29 is 26.9 Å². The van der Waals surface area contributed by atoms with Gasteiger partial charge in [0, 0.05) is 50.4 Å².